The molecule has 0 saturated heterocycles. The Hall–Kier alpha value is -1.36. The SMILES string of the molecule is CCC(N)(CC)C(=O)c1ccccc1C(F)(F)F. The average Bonchev–Trinajstić information content (AvgIpc) is 2.36. The summed E-state index contributed by atoms with van der Waals surface area (Å²) in [4.78, 5) is 12.2. The third kappa shape index (κ3) is 2.72. The summed E-state index contributed by atoms with van der Waals surface area (Å²) in [5.74, 6) is -0.652. The van der Waals surface area contributed by atoms with E-state index in [-0.39, 0.29) is 5.56 Å². The highest BCUT2D eigenvalue weighted by molar-refractivity contribution is 6.04. The minimum absolute atomic E-state index is 0.300. The molecule has 0 bridgehead atoms. The number of carbonyl (C=O) groups excluding carboxylic acids is 1. The Balaban J connectivity index is 3.30. The van der Waals surface area contributed by atoms with Crippen molar-refractivity contribution in [1.82, 2.24) is 0 Å². The van der Waals surface area contributed by atoms with E-state index in [2.05, 4.69) is 0 Å². The van der Waals surface area contributed by atoms with Crippen molar-refractivity contribution in [2.75, 3.05) is 0 Å². The second-order valence-electron chi connectivity index (χ2n) is 4.24. The molecule has 1 aromatic carbocycles. The molecular formula is C13H16F3NO. The third-order valence-corrected chi connectivity index (χ3v) is 3.19. The predicted octanol–water partition coefficient (Wildman–Crippen LogP) is 3.41. The molecule has 0 aliphatic heterocycles. The first kappa shape index (κ1) is 14.7. The molecule has 5 heteroatoms. The molecule has 100 valence electrons. The molecular weight excluding hydrogens is 243 g/mol. The third-order valence-electron chi connectivity index (χ3n) is 3.19. The van der Waals surface area contributed by atoms with Crippen LogP contribution >= 0.6 is 0 Å². The molecule has 0 radical (unpaired) electrons. The first-order valence-corrected chi connectivity index (χ1v) is 5.76. The largest absolute Gasteiger partial charge is 0.417 e. The van der Waals surface area contributed by atoms with Crippen molar-refractivity contribution in [3.05, 3.63) is 35.4 Å². The highest BCUT2D eigenvalue weighted by Crippen LogP contribution is 2.33. The van der Waals surface area contributed by atoms with Crippen molar-refractivity contribution in [3.8, 4) is 0 Å². The fraction of sp³-hybridized carbons (Fsp3) is 0.462. The van der Waals surface area contributed by atoms with E-state index in [0.29, 0.717) is 12.8 Å². The summed E-state index contributed by atoms with van der Waals surface area (Å²) in [6.07, 6.45) is -3.95. The van der Waals surface area contributed by atoms with Gasteiger partial charge in [-0.25, -0.2) is 0 Å². The summed E-state index contributed by atoms with van der Waals surface area (Å²) in [5, 5.41) is 0. The fourth-order valence-electron chi connectivity index (χ4n) is 1.77. The summed E-state index contributed by atoms with van der Waals surface area (Å²) in [6.45, 7) is 3.38. The van der Waals surface area contributed by atoms with Gasteiger partial charge in [-0.05, 0) is 18.9 Å². The molecule has 0 unspecified atom stereocenters. The van der Waals surface area contributed by atoms with Gasteiger partial charge in [-0.15, -0.1) is 0 Å². The van der Waals surface area contributed by atoms with E-state index in [9.17, 15) is 18.0 Å². The smallest absolute Gasteiger partial charge is 0.319 e. The number of ketones is 1. The van der Waals surface area contributed by atoms with Gasteiger partial charge < -0.3 is 5.73 Å². The maximum absolute atomic E-state index is 12.8. The van der Waals surface area contributed by atoms with Gasteiger partial charge in [0.05, 0.1) is 11.1 Å². The zero-order valence-corrected chi connectivity index (χ0v) is 10.3. The highest BCUT2D eigenvalue weighted by Gasteiger charge is 2.39. The fourth-order valence-corrected chi connectivity index (χ4v) is 1.77. The van der Waals surface area contributed by atoms with Crippen LogP contribution in [0.2, 0.25) is 0 Å². The predicted molar refractivity (Wildman–Crippen MR) is 63.3 cm³/mol. The maximum Gasteiger partial charge on any atom is 0.417 e. The lowest BCUT2D eigenvalue weighted by Gasteiger charge is -2.26. The van der Waals surface area contributed by atoms with Crippen LogP contribution in [0.15, 0.2) is 24.3 Å². The molecule has 2 N–H and O–H groups in total. The zero-order valence-electron chi connectivity index (χ0n) is 10.3. The van der Waals surface area contributed by atoms with Gasteiger partial charge in [-0.3, -0.25) is 4.79 Å². The summed E-state index contributed by atoms with van der Waals surface area (Å²) in [6, 6.07) is 4.75. The van der Waals surface area contributed by atoms with Crippen LogP contribution in [0.3, 0.4) is 0 Å². The molecule has 18 heavy (non-hydrogen) atoms. The van der Waals surface area contributed by atoms with Crippen molar-refractivity contribution < 1.29 is 18.0 Å². The molecule has 0 aromatic heterocycles. The zero-order chi connectivity index (χ0) is 14.0. The number of benzene rings is 1. The molecule has 2 nitrogen and oxygen atoms in total. The normalized spacial score (nSPS) is 12.6. The lowest BCUT2D eigenvalue weighted by Crippen LogP contribution is -2.47. The van der Waals surface area contributed by atoms with Gasteiger partial charge in [0, 0.05) is 5.56 Å². The molecule has 0 fully saturated rings. The molecule has 0 saturated carbocycles. The second-order valence-corrected chi connectivity index (χ2v) is 4.24. The summed E-state index contributed by atoms with van der Waals surface area (Å²) in [5.41, 5.74) is 3.36. The summed E-state index contributed by atoms with van der Waals surface area (Å²) < 4.78 is 38.4. The molecule has 0 heterocycles. The van der Waals surface area contributed by atoms with Gasteiger partial charge in [-0.2, -0.15) is 13.2 Å². The molecule has 1 rings (SSSR count). The monoisotopic (exact) mass is 259 g/mol. The van der Waals surface area contributed by atoms with Crippen LogP contribution in [0.5, 0.6) is 0 Å². The van der Waals surface area contributed by atoms with Gasteiger partial charge in [-0.1, -0.05) is 32.0 Å². The van der Waals surface area contributed by atoms with Crippen LogP contribution in [-0.2, 0) is 6.18 Å². The average molecular weight is 259 g/mol. The van der Waals surface area contributed by atoms with Crippen LogP contribution in [-0.4, -0.2) is 11.3 Å². The number of halogens is 3. The van der Waals surface area contributed by atoms with Gasteiger partial charge >= 0.3 is 6.18 Å². The molecule has 0 amide bonds. The molecule has 1 aromatic rings. The number of carbonyl (C=O) groups is 1. The number of hydrogen-bond acceptors (Lipinski definition) is 2. The van der Waals surface area contributed by atoms with Gasteiger partial charge in [0.15, 0.2) is 5.78 Å². The van der Waals surface area contributed by atoms with Crippen molar-refractivity contribution in [2.24, 2.45) is 5.73 Å². The standard InChI is InChI=1S/C13H16F3NO/c1-3-12(17,4-2)11(18)9-7-5-6-8-10(9)13(14,15)16/h5-8H,3-4,17H2,1-2H3. The van der Waals surface area contributed by atoms with E-state index >= 15 is 0 Å². The number of alkyl halides is 3. The lowest BCUT2D eigenvalue weighted by molar-refractivity contribution is -0.137. The van der Waals surface area contributed by atoms with Crippen LogP contribution in [0.25, 0.3) is 0 Å². The Morgan fingerprint density at radius 2 is 1.67 bits per heavy atom. The minimum atomic E-state index is -4.55. The van der Waals surface area contributed by atoms with Gasteiger partial charge in [0.2, 0.25) is 0 Å². The van der Waals surface area contributed by atoms with Crippen molar-refractivity contribution in [1.29, 1.82) is 0 Å². The Morgan fingerprint density at radius 3 is 2.11 bits per heavy atom. The van der Waals surface area contributed by atoms with Gasteiger partial charge in [0.1, 0.15) is 0 Å². The number of nitrogens with two attached hydrogens (primary N) is 1. The molecule has 0 spiro atoms. The Morgan fingerprint density at radius 1 is 1.17 bits per heavy atom. The van der Waals surface area contributed by atoms with E-state index in [4.69, 9.17) is 5.73 Å². The molecule has 0 aliphatic rings. The minimum Gasteiger partial charge on any atom is -0.319 e. The van der Waals surface area contributed by atoms with Crippen LogP contribution in [0, 0.1) is 0 Å². The van der Waals surface area contributed by atoms with E-state index in [1.807, 2.05) is 0 Å². The summed E-state index contributed by atoms with van der Waals surface area (Å²) in [7, 11) is 0. The second kappa shape index (κ2) is 5.10. The maximum atomic E-state index is 12.8. The van der Waals surface area contributed by atoms with Crippen LogP contribution in [0.1, 0.15) is 42.6 Å². The Labute approximate surface area is 104 Å². The topological polar surface area (TPSA) is 43.1 Å². The molecule has 0 atom stereocenters. The van der Waals surface area contributed by atoms with E-state index < -0.39 is 23.1 Å². The summed E-state index contributed by atoms with van der Waals surface area (Å²) >= 11 is 0. The van der Waals surface area contributed by atoms with Crippen LogP contribution < -0.4 is 5.73 Å². The van der Waals surface area contributed by atoms with Crippen molar-refractivity contribution in [2.45, 2.75) is 38.4 Å². The number of hydrogen-bond donors (Lipinski definition) is 1. The Bertz CT molecular complexity index is 436. The number of Topliss-reactive ketones (excluding diaryl/α,β-unsaturated/α-hetero) is 1. The Kier molecular flexibility index (Phi) is 4.16. The molecule has 0 aliphatic carbocycles. The van der Waals surface area contributed by atoms with E-state index in [1.165, 1.54) is 18.2 Å². The van der Waals surface area contributed by atoms with Crippen LogP contribution in [0.4, 0.5) is 13.2 Å². The van der Waals surface area contributed by atoms with Gasteiger partial charge in [0.25, 0.3) is 0 Å². The first-order valence-electron chi connectivity index (χ1n) is 5.76. The quantitative estimate of drug-likeness (QED) is 0.842. The van der Waals surface area contributed by atoms with E-state index in [1.54, 1.807) is 13.8 Å². The first-order chi connectivity index (χ1) is 8.26. The van der Waals surface area contributed by atoms with Crippen molar-refractivity contribution >= 4 is 5.78 Å². The number of rotatable bonds is 4. The van der Waals surface area contributed by atoms with E-state index in [0.717, 1.165) is 6.07 Å². The highest BCUT2D eigenvalue weighted by atomic mass is 19.4. The lowest BCUT2D eigenvalue weighted by atomic mass is 9.84. The van der Waals surface area contributed by atoms with Crippen molar-refractivity contribution in [3.63, 3.8) is 0 Å².